The maximum absolute atomic E-state index is 12.1. The molecule has 0 aromatic heterocycles. The van der Waals surface area contributed by atoms with Crippen molar-refractivity contribution in [3.8, 4) is 11.5 Å². The molecule has 2 rings (SSSR count). The summed E-state index contributed by atoms with van der Waals surface area (Å²) < 4.78 is 10.8. The van der Waals surface area contributed by atoms with Crippen LogP contribution in [0.25, 0.3) is 0 Å². The SMILES string of the molecule is CCNC(=NCCc1cc(OC)ccc1OC)NCCc1cccc(C(=O)N(C)C)c1.I. The van der Waals surface area contributed by atoms with Crippen LogP contribution in [0.2, 0.25) is 0 Å². The molecule has 2 N–H and O–H groups in total. The van der Waals surface area contributed by atoms with E-state index in [1.165, 1.54) is 0 Å². The van der Waals surface area contributed by atoms with Crippen molar-refractivity contribution in [1.29, 1.82) is 0 Å². The Kier molecular flexibility index (Phi) is 12.5. The van der Waals surface area contributed by atoms with Gasteiger partial charge in [-0.25, -0.2) is 0 Å². The smallest absolute Gasteiger partial charge is 0.253 e. The van der Waals surface area contributed by atoms with E-state index in [2.05, 4.69) is 15.6 Å². The highest BCUT2D eigenvalue weighted by atomic mass is 127. The lowest BCUT2D eigenvalue weighted by Gasteiger charge is -2.13. The van der Waals surface area contributed by atoms with Crippen LogP contribution in [0.4, 0.5) is 0 Å². The van der Waals surface area contributed by atoms with E-state index in [1.807, 2.05) is 49.4 Å². The fraction of sp³-hybridized carbons (Fsp3) is 0.417. The number of hydrogen-bond donors (Lipinski definition) is 2. The largest absolute Gasteiger partial charge is 0.497 e. The van der Waals surface area contributed by atoms with Crippen molar-refractivity contribution >= 4 is 35.8 Å². The third-order valence-electron chi connectivity index (χ3n) is 4.77. The normalized spacial score (nSPS) is 10.7. The van der Waals surface area contributed by atoms with Crippen LogP contribution in [-0.2, 0) is 12.8 Å². The van der Waals surface area contributed by atoms with Crippen LogP contribution in [0.5, 0.6) is 11.5 Å². The van der Waals surface area contributed by atoms with E-state index < -0.39 is 0 Å². The summed E-state index contributed by atoms with van der Waals surface area (Å²) in [7, 11) is 6.85. The number of ether oxygens (including phenoxy) is 2. The van der Waals surface area contributed by atoms with Crippen molar-refractivity contribution in [3.05, 3.63) is 59.2 Å². The van der Waals surface area contributed by atoms with E-state index in [0.29, 0.717) is 18.7 Å². The molecule has 0 spiro atoms. The summed E-state index contributed by atoms with van der Waals surface area (Å²) in [5.41, 5.74) is 2.87. The number of halogens is 1. The van der Waals surface area contributed by atoms with Crippen LogP contribution in [0, 0.1) is 0 Å². The predicted octanol–water partition coefficient (Wildman–Crippen LogP) is 3.36. The number of rotatable bonds is 10. The molecule has 0 saturated heterocycles. The Morgan fingerprint density at radius 1 is 1.03 bits per heavy atom. The molecule has 32 heavy (non-hydrogen) atoms. The van der Waals surface area contributed by atoms with Gasteiger partial charge in [0.05, 0.1) is 14.2 Å². The van der Waals surface area contributed by atoms with E-state index in [9.17, 15) is 4.79 Å². The van der Waals surface area contributed by atoms with Crippen molar-refractivity contribution in [1.82, 2.24) is 15.5 Å². The first-order valence-electron chi connectivity index (χ1n) is 10.5. The van der Waals surface area contributed by atoms with Gasteiger partial charge in [-0.3, -0.25) is 9.79 Å². The van der Waals surface area contributed by atoms with Crippen LogP contribution in [-0.4, -0.2) is 64.7 Å². The molecular weight excluding hydrogens is 519 g/mol. The number of aliphatic imine (C=N–C) groups is 1. The molecule has 0 saturated carbocycles. The minimum Gasteiger partial charge on any atom is -0.497 e. The third kappa shape index (κ3) is 8.57. The van der Waals surface area contributed by atoms with Crippen molar-refractivity contribution in [2.24, 2.45) is 4.99 Å². The molecule has 0 aliphatic carbocycles. The average molecular weight is 554 g/mol. The number of guanidine groups is 1. The number of nitrogens with zero attached hydrogens (tertiary/aromatic N) is 2. The van der Waals surface area contributed by atoms with Crippen LogP contribution in [0.3, 0.4) is 0 Å². The summed E-state index contributed by atoms with van der Waals surface area (Å²) in [6.45, 7) is 4.15. The molecule has 2 aromatic carbocycles. The molecule has 0 radical (unpaired) electrons. The second-order valence-electron chi connectivity index (χ2n) is 7.27. The van der Waals surface area contributed by atoms with Gasteiger partial charge in [0.1, 0.15) is 11.5 Å². The lowest BCUT2D eigenvalue weighted by atomic mass is 10.1. The Hall–Kier alpha value is -2.49. The van der Waals surface area contributed by atoms with Gasteiger partial charge < -0.3 is 25.0 Å². The summed E-state index contributed by atoms with van der Waals surface area (Å²) in [4.78, 5) is 18.4. The van der Waals surface area contributed by atoms with Gasteiger partial charge in [0.25, 0.3) is 5.91 Å². The highest BCUT2D eigenvalue weighted by Gasteiger charge is 2.08. The highest BCUT2D eigenvalue weighted by Crippen LogP contribution is 2.24. The monoisotopic (exact) mass is 554 g/mol. The maximum Gasteiger partial charge on any atom is 0.253 e. The minimum atomic E-state index is 0. The summed E-state index contributed by atoms with van der Waals surface area (Å²) in [5, 5.41) is 6.64. The number of carbonyl (C=O) groups is 1. The Balaban J connectivity index is 0.00000512. The summed E-state index contributed by atoms with van der Waals surface area (Å²) in [6, 6.07) is 13.5. The zero-order valence-electron chi connectivity index (χ0n) is 19.6. The first kappa shape index (κ1) is 27.5. The third-order valence-corrected chi connectivity index (χ3v) is 4.77. The number of benzene rings is 2. The Bertz CT molecular complexity index is 887. The topological polar surface area (TPSA) is 75.2 Å². The number of hydrogen-bond acceptors (Lipinski definition) is 4. The van der Waals surface area contributed by atoms with Gasteiger partial charge in [-0.05, 0) is 61.2 Å². The zero-order valence-corrected chi connectivity index (χ0v) is 21.9. The quantitative estimate of drug-likeness (QED) is 0.268. The Labute approximate surface area is 208 Å². The maximum atomic E-state index is 12.1. The van der Waals surface area contributed by atoms with Gasteiger partial charge in [0.2, 0.25) is 0 Å². The standard InChI is InChI=1S/C24H34N4O3.HI/c1-6-25-24(27-15-13-19-17-21(30-4)10-11-22(19)31-5)26-14-12-18-8-7-9-20(16-18)23(29)28(2)3;/h7-11,16-17H,6,12-15H2,1-5H3,(H2,25,26,27);1H. The highest BCUT2D eigenvalue weighted by molar-refractivity contribution is 14.0. The summed E-state index contributed by atoms with van der Waals surface area (Å²) in [6.07, 6.45) is 1.54. The van der Waals surface area contributed by atoms with Gasteiger partial charge in [-0.15, -0.1) is 24.0 Å². The molecule has 176 valence electrons. The molecule has 0 aliphatic rings. The van der Waals surface area contributed by atoms with Crippen LogP contribution in [0.15, 0.2) is 47.5 Å². The Morgan fingerprint density at radius 3 is 2.47 bits per heavy atom. The first-order chi connectivity index (χ1) is 15.0. The molecule has 0 bridgehead atoms. The van der Waals surface area contributed by atoms with Gasteiger partial charge in [-0.2, -0.15) is 0 Å². The fourth-order valence-electron chi connectivity index (χ4n) is 3.15. The van der Waals surface area contributed by atoms with E-state index in [-0.39, 0.29) is 29.9 Å². The van der Waals surface area contributed by atoms with E-state index >= 15 is 0 Å². The molecule has 0 aliphatic heterocycles. The molecule has 0 atom stereocenters. The van der Waals surface area contributed by atoms with Gasteiger partial charge in [0.15, 0.2) is 5.96 Å². The zero-order chi connectivity index (χ0) is 22.6. The lowest BCUT2D eigenvalue weighted by Crippen LogP contribution is -2.38. The van der Waals surface area contributed by atoms with Crippen molar-refractivity contribution < 1.29 is 14.3 Å². The number of carbonyl (C=O) groups excluding carboxylic acids is 1. The van der Waals surface area contributed by atoms with Crippen molar-refractivity contribution in [3.63, 3.8) is 0 Å². The fourth-order valence-corrected chi connectivity index (χ4v) is 3.15. The second-order valence-corrected chi connectivity index (χ2v) is 7.27. The molecule has 2 aromatic rings. The van der Waals surface area contributed by atoms with Gasteiger partial charge >= 0.3 is 0 Å². The average Bonchev–Trinajstić information content (AvgIpc) is 2.78. The van der Waals surface area contributed by atoms with Gasteiger partial charge in [-0.1, -0.05) is 12.1 Å². The molecular formula is C24H35IN4O3. The van der Waals surface area contributed by atoms with E-state index in [4.69, 9.17) is 9.47 Å². The van der Waals surface area contributed by atoms with Crippen LogP contribution < -0.4 is 20.1 Å². The molecule has 8 heteroatoms. The van der Waals surface area contributed by atoms with Crippen molar-refractivity contribution in [2.75, 3.05) is 47.9 Å². The predicted molar refractivity (Wildman–Crippen MR) is 141 cm³/mol. The second kappa shape index (κ2) is 14.5. The summed E-state index contributed by atoms with van der Waals surface area (Å²) >= 11 is 0. The first-order valence-corrected chi connectivity index (χ1v) is 10.5. The lowest BCUT2D eigenvalue weighted by molar-refractivity contribution is 0.0827. The molecule has 1 amide bonds. The minimum absolute atomic E-state index is 0. The van der Waals surface area contributed by atoms with Crippen LogP contribution in [0.1, 0.15) is 28.4 Å². The van der Waals surface area contributed by atoms with Gasteiger partial charge in [0, 0.05) is 39.3 Å². The number of nitrogens with one attached hydrogen (secondary N) is 2. The molecule has 7 nitrogen and oxygen atoms in total. The molecule has 0 heterocycles. The number of methoxy groups -OCH3 is 2. The van der Waals surface area contributed by atoms with E-state index in [1.54, 1.807) is 33.2 Å². The van der Waals surface area contributed by atoms with Crippen LogP contribution >= 0.6 is 24.0 Å². The van der Waals surface area contributed by atoms with E-state index in [0.717, 1.165) is 48.0 Å². The Morgan fingerprint density at radius 2 is 1.81 bits per heavy atom. The molecule has 0 fully saturated rings. The number of amides is 1. The molecule has 0 unspecified atom stereocenters. The summed E-state index contributed by atoms with van der Waals surface area (Å²) in [5.74, 6) is 2.42. The van der Waals surface area contributed by atoms with Crippen molar-refractivity contribution in [2.45, 2.75) is 19.8 Å².